The maximum atomic E-state index is 12.9. The van der Waals surface area contributed by atoms with Crippen LogP contribution in [0.5, 0.6) is 11.5 Å². The van der Waals surface area contributed by atoms with E-state index >= 15 is 0 Å². The molecule has 0 spiro atoms. The fourth-order valence-electron chi connectivity index (χ4n) is 3.69. The van der Waals surface area contributed by atoms with Gasteiger partial charge in [-0.3, -0.25) is 4.79 Å². The van der Waals surface area contributed by atoms with Gasteiger partial charge < -0.3 is 19.5 Å². The Morgan fingerprint density at radius 1 is 1.11 bits per heavy atom. The third-order valence-electron chi connectivity index (χ3n) is 5.20. The number of carbonyl (C=O) groups is 2. The summed E-state index contributed by atoms with van der Waals surface area (Å²) in [5, 5.41) is 8.97. The quantitative estimate of drug-likeness (QED) is 0.789. The summed E-state index contributed by atoms with van der Waals surface area (Å²) in [6, 6.07) is 12.4. The van der Waals surface area contributed by atoms with E-state index in [0.29, 0.717) is 12.8 Å². The van der Waals surface area contributed by atoms with Gasteiger partial charge in [0, 0.05) is 24.6 Å². The average molecular weight is 383 g/mol. The monoisotopic (exact) mass is 383 g/mol. The van der Waals surface area contributed by atoms with Gasteiger partial charge >= 0.3 is 5.97 Å². The van der Waals surface area contributed by atoms with Crippen LogP contribution in [0, 0.1) is 0 Å². The molecule has 1 heterocycles. The standard InChI is InChI=1S/C22H25NO5/c1-27-17-10-11-18(20(14-17)28-2)19-4-3-13-23(19)21(24)12-7-15-5-8-16(9-6-15)22(25)26/h5-6,8-11,14,19H,3-4,7,12-13H2,1-2H3,(H,25,26)/t19-/m1/s1. The first kappa shape index (κ1) is 19.7. The van der Waals surface area contributed by atoms with Crippen LogP contribution in [0.1, 0.15) is 46.8 Å². The van der Waals surface area contributed by atoms with Crippen LogP contribution in [0.15, 0.2) is 42.5 Å². The average Bonchev–Trinajstić information content (AvgIpc) is 3.21. The molecule has 0 aliphatic carbocycles. The van der Waals surface area contributed by atoms with Crippen LogP contribution < -0.4 is 9.47 Å². The summed E-state index contributed by atoms with van der Waals surface area (Å²) in [4.78, 5) is 25.7. The van der Waals surface area contributed by atoms with E-state index in [0.717, 1.165) is 42.0 Å². The molecule has 1 aliphatic rings. The Kier molecular flexibility index (Phi) is 6.19. The third kappa shape index (κ3) is 4.27. The van der Waals surface area contributed by atoms with Crippen molar-refractivity contribution in [3.63, 3.8) is 0 Å². The van der Waals surface area contributed by atoms with Gasteiger partial charge in [-0.2, -0.15) is 0 Å². The number of nitrogens with zero attached hydrogens (tertiary/aromatic N) is 1. The summed E-state index contributed by atoms with van der Waals surface area (Å²) in [5.74, 6) is 0.605. The number of aromatic carboxylic acids is 1. The van der Waals surface area contributed by atoms with Crippen LogP contribution in [0.2, 0.25) is 0 Å². The molecule has 1 aliphatic heterocycles. The van der Waals surface area contributed by atoms with E-state index in [1.807, 2.05) is 23.1 Å². The van der Waals surface area contributed by atoms with Crippen molar-refractivity contribution in [3.05, 3.63) is 59.2 Å². The fraction of sp³-hybridized carbons (Fsp3) is 0.364. The molecule has 2 aromatic carbocycles. The van der Waals surface area contributed by atoms with Crippen molar-refractivity contribution in [2.45, 2.75) is 31.7 Å². The minimum atomic E-state index is -0.948. The minimum absolute atomic E-state index is 0.00254. The summed E-state index contributed by atoms with van der Waals surface area (Å²) in [6.45, 7) is 0.733. The van der Waals surface area contributed by atoms with Gasteiger partial charge in [0.25, 0.3) is 0 Å². The molecule has 148 valence electrons. The van der Waals surface area contributed by atoms with Gasteiger partial charge in [0.15, 0.2) is 0 Å². The second kappa shape index (κ2) is 8.78. The number of carbonyl (C=O) groups excluding carboxylic acids is 1. The number of carboxylic acids is 1. The van der Waals surface area contributed by atoms with Crippen LogP contribution in [0.25, 0.3) is 0 Å². The molecular formula is C22H25NO5. The highest BCUT2D eigenvalue weighted by atomic mass is 16.5. The number of likely N-dealkylation sites (tertiary alicyclic amines) is 1. The van der Waals surface area contributed by atoms with Gasteiger partial charge in [-0.25, -0.2) is 4.79 Å². The molecule has 1 N–H and O–H groups in total. The zero-order valence-electron chi connectivity index (χ0n) is 16.2. The molecule has 2 aromatic rings. The summed E-state index contributed by atoms with van der Waals surface area (Å²) < 4.78 is 10.8. The van der Waals surface area contributed by atoms with Crippen molar-refractivity contribution >= 4 is 11.9 Å². The predicted molar refractivity (Wildman–Crippen MR) is 105 cm³/mol. The van der Waals surface area contributed by atoms with Crippen LogP contribution in [0.3, 0.4) is 0 Å². The topological polar surface area (TPSA) is 76.1 Å². The molecule has 3 rings (SSSR count). The number of amides is 1. The molecule has 1 fully saturated rings. The Bertz CT molecular complexity index is 847. The Morgan fingerprint density at radius 3 is 2.50 bits per heavy atom. The zero-order chi connectivity index (χ0) is 20.1. The maximum Gasteiger partial charge on any atom is 0.335 e. The summed E-state index contributed by atoms with van der Waals surface area (Å²) >= 11 is 0. The third-order valence-corrected chi connectivity index (χ3v) is 5.20. The molecule has 1 amide bonds. The van der Waals surface area contributed by atoms with Crippen molar-refractivity contribution < 1.29 is 24.2 Å². The molecule has 6 nitrogen and oxygen atoms in total. The van der Waals surface area contributed by atoms with Crippen molar-refractivity contribution in [1.29, 1.82) is 0 Å². The molecular weight excluding hydrogens is 358 g/mol. The Morgan fingerprint density at radius 2 is 1.86 bits per heavy atom. The van der Waals surface area contributed by atoms with Gasteiger partial charge in [-0.05, 0) is 49.1 Å². The van der Waals surface area contributed by atoms with E-state index < -0.39 is 5.97 Å². The lowest BCUT2D eigenvalue weighted by Gasteiger charge is -2.26. The number of ether oxygens (including phenoxy) is 2. The highest BCUT2D eigenvalue weighted by Gasteiger charge is 2.31. The SMILES string of the molecule is COc1ccc([C@H]2CCCN2C(=O)CCc2ccc(C(=O)O)cc2)c(OC)c1. The van der Waals surface area contributed by atoms with E-state index in [-0.39, 0.29) is 17.5 Å². The van der Waals surface area contributed by atoms with E-state index in [1.165, 1.54) is 0 Å². The number of methoxy groups -OCH3 is 2. The molecule has 28 heavy (non-hydrogen) atoms. The molecule has 0 bridgehead atoms. The molecule has 0 aromatic heterocycles. The minimum Gasteiger partial charge on any atom is -0.497 e. The molecule has 6 heteroatoms. The van der Waals surface area contributed by atoms with Crippen LogP contribution in [0.4, 0.5) is 0 Å². The van der Waals surface area contributed by atoms with Crippen LogP contribution >= 0.6 is 0 Å². The van der Waals surface area contributed by atoms with Gasteiger partial charge in [-0.15, -0.1) is 0 Å². The lowest BCUT2D eigenvalue weighted by Crippen LogP contribution is -2.30. The number of hydrogen-bond acceptors (Lipinski definition) is 4. The lowest BCUT2D eigenvalue weighted by atomic mass is 10.0. The summed E-state index contributed by atoms with van der Waals surface area (Å²) in [6.07, 6.45) is 2.84. The molecule has 0 saturated carbocycles. The van der Waals surface area contributed by atoms with Crippen molar-refractivity contribution in [2.24, 2.45) is 0 Å². The van der Waals surface area contributed by atoms with E-state index in [4.69, 9.17) is 14.6 Å². The zero-order valence-corrected chi connectivity index (χ0v) is 16.2. The number of hydrogen-bond donors (Lipinski definition) is 1. The van der Waals surface area contributed by atoms with Crippen molar-refractivity contribution in [1.82, 2.24) is 4.90 Å². The number of benzene rings is 2. The Hall–Kier alpha value is -3.02. The van der Waals surface area contributed by atoms with Crippen LogP contribution in [-0.2, 0) is 11.2 Å². The molecule has 0 unspecified atom stereocenters. The summed E-state index contributed by atoms with van der Waals surface area (Å²) in [5.41, 5.74) is 2.21. The number of carboxylic acid groups (broad SMARTS) is 1. The van der Waals surface area contributed by atoms with Crippen LogP contribution in [-0.4, -0.2) is 42.6 Å². The predicted octanol–water partition coefficient (Wildman–Crippen LogP) is 3.70. The highest BCUT2D eigenvalue weighted by molar-refractivity contribution is 5.87. The van der Waals surface area contributed by atoms with E-state index in [1.54, 1.807) is 38.5 Å². The van der Waals surface area contributed by atoms with Gasteiger partial charge in [-0.1, -0.05) is 12.1 Å². The Balaban J connectivity index is 1.68. The second-order valence-corrected chi connectivity index (χ2v) is 6.86. The molecule has 0 radical (unpaired) electrons. The first-order chi connectivity index (χ1) is 13.5. The highest BCUT2D eigenvalue weighted by Crippen LogP contribution is 2.39. The lowest BCUT2D eigenvalue weighted by molar-refractivity contribution is -0.132. The molecule has 1 atom stereocenters. The van der Waals surface area contributed by atoms with Crippen molar-refractivity contribution in [3.8, 4) is 11.5 Å². The molecule has 1 saturated heterocycles. The van der Waals surface area contributed by atoms with Gasteiger partial charge in [0.1, 0.15) is 11.5 Å². The first-order valence-electron chi connectivity index (χ1n) is 9.37. The fourth-order valence-corrected chi connectivity index (χ4v) is 3.69. The van der Waals surface area contributed by atoms with Gasteiger partial charge in [0.05, 0.1) is 25.8 Å². The first-order valence-corrected chi connectivity index (χ1v) is 9.37. The number of aryl methyl sites for hydroxylation is 1. The largest absolute Gasteiger partial charge is 0.497 e. The second-order valence-electron chi connectivity index (χ2n) is 6.86. The van der Waals surface area contributed by atoms with E-state index in [2.05, 4.69) is 0 Å². The number of rotatable bonds is 7. The smallest absolute Gasteiger partial charge is 0.335 e. The Labute approximate surface area is 164 Å². The van der Waals surface area contributed by atoms with Crippen molar-refractivity contribution in [2.75, 3.05) is 20.8 Å². The van der Waals surface area contributed by atoms with Gasteiger partial charge in [0.2, 0.25) is 5.91 Å². The van der Waals surface area contributed by atoms with E-state index in [9.17, 15) is 9.59 Å². The summed E-state index contributed by atoms with van der Waals surface area (Å²) in [7, 11) is 3.24. The maximum absolute atomic E-state index is 12.9. The normalized spacial score (nSPS) is 16.1.